The number of halogens is 1. The van der Waals surface area contributed by atoms with Gasteiger partial charge in [-0.1, -0.05) is 0 Å². The third-order valence-electron chi connectivity index (χ3n) is 3.03. The number of aromatic carboxylic acids is 1. The number of hydrogen-bond acceptors (Lipinski definition) is 4. The van der Waals surface area contributed by atoms with Crippen molar-refractivity contribution in [2.45, 2.75) is 13.0 Å². The Morgan fingerprint density at radius 1 is 1.61 bits per heavy atom. The summed E-state index contributed by atoms with van der Waals surface area (Å²) >= 11 is 1.82. The molecule has 0 aliphatic carbocycles. The number of carboxylic acids is 1. The number of nitrogens with zero attached hydrogens (tertiary/aromatic N) is 1. The Morgan fingerprint density at radius 2 is 2.33 bits per heavy atom. The molecule has 0 amide bonds. The van der Waals surface area contributed by atoms with E-state index in [1.165, 1.54) is 6.07 Å². The van der Waals surface area contributed by atoms with E-state index < -0.39 is 11.8 Å². The van der Waals surface area contributed by atoms with Crippen LogP contribution in [0.2, 0.25) is 0 Å². The summed E-state index contributed by atoms with van der Waals surface area (Å²) in [5.74, 6) is 0.229. The van der Waals surface area contributed by atoms with Crippen LogP contribution < -0.4 is 10.6 Å². The molecule has 1 aromatic rings. The minimum Gasteiger partial charge on any atom is -0.478 e. The molecule has 0 bridgehead atoms. The van der Waals surface area contributed by atoms with Crippen LogP contribution in [0.1, 0.15) is 17.3 Å². The van der Waals surface area contributed by atoms with Gasteiger partial charge in [0.1, 0.15) is 5.82 Å². The first kappa shape index (κ1) is 13.0. The Kier molecular flexibility index (Phi) is 3.65. The summed E-state index contributed by atoms with van der Waals surface area (Å²) in [6.07, 6.45) is 0. The van der Waals surface area contributed by atoms with Gasteiger partial charge in [0, 0.05) is 29.8 Å². The highest BCUT2D eigenvalue weighted by atomic mass is 32.2. The zero-order valence-corrected chi connectivity index (χ0v) is 10.8. The van der Waals surface area contributed by atoms with Crippen LogP contribution in [0.4, 0.5) is 15.8 Å². The van der Waals surface area contributed by atoms with Crippen molar-refractivity contribution in [1.82, 2.24) is 0 Å². The zero-order chi connectivity index (χ0) is 13.3. The first-order valence-electron chi connectivity index (χ1n) is 5.67. The molecule has 6 heteroatoms. The van der Waals surface area contributed by atoms with Crippen molar-refractivity contribution in [3.63, 3.8) is 0 Å². The third-order valence-corrected chi connectivity index (χ3v) is 4.22. The minimum absolute atomic E-state index is 0.0391. The average molecular weight is 270 g/mol. The summed E-state index contributed by atoms with van der Waals surface area (Å²) in [7, 11) is 0. The monoisotopic (exact) mass is 270 g/mol. The molecule has 1 aliphatic heterocycles. The van der Waals surface area contributed by atoms with Crippen molar-refractivity contribution in [1.29, 1.82) is 0 Å². The summed E-state index contributed by atoms with van der Waals surface area (Å²) in [6, 6.07) is 2.61. The Balaban J connectivity index is 2.43. The van der Waals surface area contributed by atoms with E-state index in [4.69, 9.17) is 10.8 Å². The van der Waals surface area contributed by atoms with Crippen LogP contribution in [0.25, 0.3) is 0 Å². The highest BCUT2D eigenvalue weighted by molar-refractivity contribution is 7.99. The predicted octanol–water partition coefficient (Wildman–Crippen LogP) is 2.05. The van der Waals surface area contributed by atoms with E-state index >= 15 is 0 Å². The van der Waals surface area contributed by atoms with Gasteiger partial charge in [0.05, 0.1) is 11.3 Å². The number of benzene rings is 1. The van der Waals surface area contributed by atoms with Crippen molar-refractivity contribution in [3.8, 4) is 0 Å². The van der Waals surface area contributed by atoms with Gasteiger partial charge in [0.25, 0.3) is 0 Å². The van der Waals surface area contributed by atoms with Crippen LogP contribution in [-0.4, -0.2) is 35.2 Å². The van der Waals surface area contributed by atoms with Gasteiger partial charge in [-0.25, -0.2) is 9.18 Å². The highest BCUT2D eigenvalue weighted by Gasteiger charge is 2.23. The number of rotatable bonds is 2. The molecule has 18 heavy (non-hydrogen) atoms. The van der Waals surface area contributed by atoms with E-state index in [-0.39, 0.29) is 17.3 Å². The molecule has 0 spiro atoms. The number of thioether (sulfide) groups is 1. The Hall–Kier alpha value is -1.43. The Morgan fingerprint density at radius 3 is 2.94 bits per heavy atom. The van der Waals surface area contributed by atoms with Crippen LogP contribution >= 0.6 is 11.8 Å². The molecule has 1 saturated heterocycles. The minimum atomic E-state index is -1.13. The summed E-state index contributed by atoms with van der Waals surface area (Å²) in [5.41, 5.74) is 5.76. The van der Waals surface area contributed by atoms with E-state index in [1.807, 2.05) is 23.6 Å². The molecule has 1 unspecified atom stereocenters. The van der Waals surface area contributed by atoms with Crippen LogP contribution in [0.15, 0.2) is 12.1 Å². The molecule has 2 rings (SSSR count). The lowest BCUT2D eigenvalue weighted by atomic mass is 10.1. The smallest absolute Gasteiger partial charge is 0.337 e. The fourth-order valence-electron chi connectivity index (χ4n) is 2.07. The molecule has 98 valence electrons. The fourth-order valence-corrected chi connectivity index (χ4v) is 3.08. The number of hydrogen-bond donors (Lipinski definition) is 2. The lowest BCUT2D eigenvalue weighted by molar-refractivity contribution is 0.0698. The van der Waals surface area contributed by atoms with Crippen LogP contribution in [0.5, 0.6) is 0 Å². The fraction of sp³-hybridized carbons (Fsp3) is 0.417. The van der Waals surface area contributed by atoms with E-state index in [0.29, 0.717) is 12.2 Å². The van der Waals surface area contributed by atoms with Gasteiger partial charge >= 0.3 is 5.97 Å². The maximum absolute atomic E-state index is 13.9. The molecule has 0 aromatic heterocycles. The normalized spacial score (nSPS) is 19.9. The number of nitrogens with two attached hydrogens (primary N) is 1. The standard InChI is InChI=1S/C12H15FN2O2S/c1-7-6-18-3-2-15(7)11-4-8(12(16)17)10(14)5-9(11)13/h4-5,7H,2-3,6,14H2,1H3,(H,16,17). The van der Waals surface area contributed by atoms with Crippen LogP contribution in [0, 0.1) is 5.82 Å². The molecule has 1 aromatic carbocycles. The van der Waals surface area contributed by atoms with Gasteiger partial charge in [0.2, 0.25) is 0 Å². The number of carboxylic acid groups (broad SMARTS) is 1. The van der Waals surface area contributed by atoms with E-state index in [0.717, 1.165) is 17.6 Å². The molecule has 1 atom stereocenters. The molecule has 0 saturated carbocycles. The van der Waals surface area contributed by atoms with Crippen molar-refractivity contribution in [3.05, 3.63) is 23.5 Å². The molecular weight excluding hydrogens is 255 g/mol. The number of nitrogen functional groups attached to an aromatic ring is 1. The molecule has 0 radical (unpaired) electrons. The van der Waals surface area contributed by atoms with Gasteiger partial charge < -0.3 is 15.7 Å². The lowest BCUT2D eigenvalue weighted by Gasteiger charge is -2.35. The van der Waals surface area contributed by atoms with Crippen LogP contribution in [0.3, 0.4) is 0 Å². The predicted molar refractivity (Wildman–Crippen MR) is 71.9 cm³/mol. The Bertz CT molecular complexity index is 481. The van der Waals surface area contributed by atoms with E-state index in [9.17, 15) is 9.18 Å². The van der Waals surface area contributed by atoms with Crippen molar-refractivity contribution < 1.29 is 14.3 Å². The van der Waals surface area contributed by atoms with Crippen molar-refractivity contribution in [2.24, 2.45) is 0 Å². The van der Waals surface area contributed by atoms with Crippen molar-refractivity contribution in [2.75, 3.05) is 28.7 Å². The van der Waals surface area contributed by atoms with Gasteiger partial charge in [-0.3, -0.25) is 0 Å². The zero-order valence-electron chi connectivity index (χ0n) is 10.0. The second-order valence-corrected chi connectivity index (χ2v) is 5.46. The first-order chi connectivity index (χ1) is 8.50. The topological polar surface area (TPSA) is 66.6 Å². The average Bonchev–Trinajstić information content (AvgIpc) is 2.30. The number of carbonyl (C=O) groups is 1. The van der Waals surface area contributed by atoms with Crippen LogP contribution in [-0.2, 0) is 0 Å². The lowest BCUT2D eigenvalue weighted by Crippen LogP contribution is -2.41. The number of anilines is 2. The largest absolute Gasteiger partial charge is 0.478 e. The maximum atomic E-state index is 13.9. The molecular formula is C12H15FN2O2S. The molecule has 1 fully saturated rings. The van der Waals surface area contributed by atoms with Crippen molar-refractivity contribution >= 4 is 29.1 Å². The SMILES string of the molecule is CC1CSCCN1c1cc(C(=O)O)c(N)cc1F. The summed E-state index contributed by atoms with van der Waals surface area (Å²) < 4.78 is 13.9. The molecule has 1 aliphatic rings. The van der Waals surface area contributed by atoms with Gasteiger partial charge in [-0.15, -0.1) is 0 Å². The summed E-state index contributed by atoms with van der Waals surface area (Å²) in [4.78, 5) is 12.9. The summed E-state index contributed by atoms with van der Waals surface area (Å²) in [5, 5.41) is 9.02. The summed E-state index contributed by atoms with van der Waals surface area (Å²) in [6.45, 7) is 2.72. The highest BCUT2D eigenvalue weighted by Crippen LogP contribution is 2.30. The molecule has 4 nitrogen and oxygen atoms in total. The van der Waals surface area contributed by atoms with E-state index in [2.05, 4.69) is 0 Å². The van der Waals surface area contributed by atoms with E-state index in [1.54, 1.807) is 0 Å². The van der Waals surface area contributed by atoms with Gasteiger partial charge in [-0.2, -0.15) is 11.8 Å². The third kappa shape index (κ3) is 2.38. The first-order valence-corrected chi connectivity index (χ1v) is 6.83. The maximum Gasteiger partial charge on any atom is 0.337 e. The molecule has 1 heterocycles. The van der Waals surface area contributed by atoms with Gasteiger partial charge in [0.15, 0.2) is 0 Å². The second kappa shape index (κ2) is 5.06. The molecule has 3 N–H and O–H groups in total. The quantitative estimate of drug-likeness (QED) is 0.805. The Labute approximate surface area is 109 Å². The second-order valence-electron chi connectivity index (χ2n) is 4.31. The van der Waals surface area contributed by atoms with Gasteiger partial charge in [-0.05, 0) is 19.1 Å².